The molecular weight excluding hydrogens is 428 g/mol. The first-order chi connectivity index (χ1) is 16.4. The van der Waals surface area contributed by atoms with Crippen LogP contribution in [0.15, 0.2) is 66.9 Å². The highest BCUT2D eigenvalue weighted by Gasteiger charge is 2.16. The molecule has 0 bridgehead atoms. The number of ether oxygens (including phenoxy) is 1. The fourth-order valence-corrected chi connectivity index (χ4v) is 3.66. The summed E-state index contributed by atoms with van der Waals surface area (Å²) < 4.78 is 6.30. The fraction of sp³-hybridized carbons (Fsp3) is 0.222. The van der Waals surface area contributed by atoms with Crippen molar-refractivity contribution in [2.45, 2.75) is 33.4 Å². The molecule has 0 spiro atoms. The van der Waals surface area contributed by atoms with Gasteiger partial charge in [0.25, 0.3) is 5.91 Å². The lowest BCUT2D eigenvalue weighted by Gasteiger charge is -2.16. The maximum atomic E-state index is 12.4. The van der Waals surface area contributed by atoms with E-state index in [0.29, 0.717) is 23.9 Å². The zero-order valence-electron chi connectivity index (χ0n) is 19.8. The van der Waals surface area contributed by atoms with Crippen LogP contribution in [0.3, 0.4) is 0 Å². The number of amides is 1. The Kier molecular flexibility index (Phi) is 7.04. The summed E-state index contributed by atoms with van der Waals surface area (Å²) >= 11 is 0. The number of nitrogens with one attached hydrogen (secondary N) is 2. The second-order valence-electron chi connectivity index (χ2n) is 8.34. The highest BCUT2D eigenvalue weighted by molar-refractivity contribution is 5.96. The molecule has 7 heteroatoms. The minimum absolute atomic E-state index is 0.217. The maximum Gasteiger partial charge on any atom is 0.274 e. The normalized spacial score (nSPS) is 11.0. The number of aromatic nitrogens is 2. The van der Waals surface area contributed by atoms with E-state index in [-0.39, 0.29) is 11.9 Å². The number of anilines is 1. The predicted octanol–water partition coefficient (Wildman–Crippen LogP) is 5.30. The molecule has 4 aromatic rings. The van der Waals surface area contributed by atoms with Crippen LogP contribution in [-0.4, -0.2) is 29.0 Å². The van der Waals surface area contributed by atoms with E-state index in [1.807, 2.05) is 75.4 Å². The lowest BCUT2D eigenvalue weighted by atomic mass is 9.96. The van der Waals surface area contributed by atoms with Crippen molar-refractivity contribution < 1.29 is 14.4 Å². The summed E-state index contributed by atoms with van der Waals surface area (Å²) in [5.74, 6) is 0.931. The molecule has 3 aromatic carbocycles. The molecule has 0 saturated carbocycles. The van der Waals surface area contributed by atoms with Crippen LogP contribution in [0.25, 0.3) is 22.0 Å². The Morgan fingerprint density at radius 3 is 2.56 bits per heavy atom. The molecule has 0 unspecified atom stereocenters. The number of fused-ring (bicyclic) bond motifs is 1. The Morgan fingerprint density at radius 2 is 1.82 bits per heavy atom. The van der Waals surface area contributed by atoms with Crippen LogP contribution in [0.1, 0.15) is 35.3 Å². The van der Waals surface area contributed by atoms with Crippen molar-refractivity contribution in [2.24, 2.45) is 0 Å². The number of rotatable bonds is 8. The SMILES string of the molecule is CONC(=O)c1ccc(C)c(-c2cc3cnc(NC(C)C)nc3cc2OCc2ccccc2)c1. The molecule has 7 nitrogen and oxygen atoms in total. The van der Waals surface area contributed by atoms with Gasteiger partial charge in [0, 0.05) is 34.8 Å². The van der Waals surface area contributed by atoms with Crippen LogP contribution < -0.4 is 15.5 Å². The van der Waals surface area contributed by atoms with Crippen molar-refractivity contribution >= 4 is 22.8 Å². The van der Waals surface area contributed by atoms with Crippen LogP contribution in [0, 0.1) is 6.92 Å². The van der Waals surface area contributed by atoms with E-state index >= 15 is 0 Å². The molecule has 34 heavy (non-hydrogen) atoms. The van der Waals surface area contributed by atoms with Gasteiger partial charge < -0.3 is 10.1 Å². The molecule has 0 atom stereocenters. The number of hydrogen-bond acceptors (Lipinski definition) is 6. The molecule has 0 fully saturated rings. The van der Waals surface area contributed by atoms with Gasteiger partial charge in [0.1, 0.15) is 12.4 Å². The molecular formula is C27H28N4O3. The minimum Gasteiger partial charge on any atom is -0.488 e. The van der Waals surface area contributed by atoms with Crippen LogP contribution in [0.5, 0.6) is 5.75 Å². The van der Waals surface area contributed by atoms with Gasteiger partial charge in [0.2, 0.25) is 5.95 Å². The number of nitrogens with zero attached hydrogens (tertiary/aromatic N) is 2. The summed E-state index contributed by atoms with van der Waals surface area (Å²) in [4.78, 5) is 26.3. The van der Waals surface area contributed by atoms with Crippen molar-refractivity contribution in [3.8, 4) is 16.9 Å². The molecule has 4 rings (SSSR count). The zero-order chi connectivity index (χ0) is 24.1. The van der Waals surface area contributed by atoms with E-state index in [1.54, 1.807) is 12.3 Å². The van der Waals surface area contributed by atoms with Gasteiger partial charge in [-0.05, 0) is 55.7 Å². The standard InChI is InChI=1S/C27H28N4O3/c1-17(2)29-27-28-15-21-13-23(22-12-20(11-10-18(22)3)26(32)31-33-4)25(14-24(21)30-27)34-16-19-8-6-5-7-9-19/h5-15,17H,16H2,1-4H3,(H,31,32)(H,28,29,30). The third-order valence-corrected chi connectivity index (χ3v) is 5.32. The quantitative estimate of drug-likeness (QED) is 0.350. The lowest BCUT2D eigenvalue weighted by molar-refractivity contribution is 0.0537. The Labute approximate surface area is 199 Å². The second kappa shape index (κ2) is 10.3. The molecule has 2 N–H and O–H groups in total. The van der Waals surface area contributed by atoms with Gasteiger partial charge in [0.15, 0.2) is 0 Å². The smallest absolute Gasteiger partial charge is 0.274 e. The number of aryl methyl sites for hydroxylation is 1. The van der Waals surface area contributed by atoms with E-state index in [9.17, 15) is 4.79 Å². The largest absolute Gasteiger partial charge is 0.488 e. The number of carbonyl (C=O) groups excluding carboxylic acids is 1. The van der Waals surface area contributed by atoms with Crippen LogP contribution in [0.2, 0.25) is 0 Å². The number of carbonyl (C=O) groups is 1. The topological polar surface area (TPSA) is 85.4 Å². The maximum absolute atomic E-state index is 12.4. The molecule has 0 aliphatic carbocycles. The van der Waals surface area contributed by atoms with Crippen molar-refractivity contribution in [1.82, 2.24) is 15.4 Å². The predicted molar refractivity (Wildman–Crippen MR) is 134 cm³/mol. The van der Waals surface area contributed by atoms with E-state index in [4.69, 9.17) is 9.57 Å². The van der Waals surface area contributed by atoms with E-state index in [1.165, 1.54) is 7.11 Å². The third kappa shape index (κ3) is 5.32. The molecule has 0 radical (unpaired) electrons. The van der Waals surface area contributed by atoms with Crippen LogP contribution in [0.4, 0.5) is 5.95 Å². The fourth-order valence-electron chi connectivity index (χ4n) is 3.66. The van der Waals surface area contributed by atoms with Gasteiger partial charge in [-0.15, -0.1) is 0 Å². The van der Waals surface area contributed by atoms with E-state index in [2.05, 4.69) is 20.8 Å². The molecule has 0 aliphatic heterocycles. The van der Waals surface area contributed by atoms with Gasteiger partial charge >= 0.3 is 0 Å². The first kappa shape index (κ1) is 23.2. The van der Waals surface area contributed by atoms with Crippen molar-refractivity contribution in [3.05, 3.63) is 83.6 Å². The van der Waals surface area contributed by atoms with Gasteiger partial charge in [-0.25, -0.2) is 15.4 Å². The highest BCUT2D eigenvalue weighted by Crippen LogP contribution is 2.36. The second-order valence-corrected chi connectivity index (χ2v) is 8.34. The summed E-state index contributed by atoms with van der Waals surface area (Å²) in [5, 5.41) is 4.12. The average Bonchev–Trinajstić information content (AvgIpc) is 2.83. The summed E-state index contributed by atoms with van der Waals surface area (Å²) in [6.07, 6.45) is 1.80. The van der Waals surface area contributed by atoms with Gasteiger partial charge in [0.05, 0.1) is 12.6 Å². The zero-order valence-corrected chi connectivity index (χ0v) is 19.8. The first-order valence-electron chi connectivity index (χ1n) is 11.1. The Balaban J connectivity index is 1.82. The first-order valence-corrected chi connectivity index (χ1v) is 11.1. The van der Waals surface area contributed by atoms with Crippen LogP contribution >= 0.6 is 0 Å². The molecule has 0 aliphatic rings. The molecule has 0 saturated heterocycles. The summed E-state index contributed by atoms with van der Waals surface area (Å²) in [6.45, 7) is 6.50. The van der Waals surface area contributed by atoms with Gasteiger partial charge in [-0.1, -0.05) is 36.4 Å². The number of hydrogen-bond donors (Lipinski definition) is 2. The molecule has 1 amide bonds. The molecule has 1 aromatic heterocycles. The number of hydroxylamine groups is 1. The van der Waals surface area contributed by atoms with Gasteiger partial charge in [-0.3, -0.25) is 9.63 Å². The van der Waals surface area contributed by atoms with E-state index in [0.717, 1.165) is 33.2 Å². The summed E-state index contributed by atoms with van der Waals surface area (Å²) in [6, 6.07) is 19.7. The van der Waals surface area contributed by atoms with E-state index < -0.39 is 0 Å². The Bertz CT molecular complexity index is 1310. The lowest BCUT2D eigenvalue weighted by Crippen LogP contribution is -2.21. The van der Waals surface area contributed by atoms with Crippen molar-refractivity contribution in [2.75, 3.05) is 12.4 Å². The molecule has 174 valence electrons. The van der Waals surface area contributed by atoms with Crippen molar-refractivity contribution in [3.63, 3.8) is 0 Å². The number of benzene rings is 3. The van der Waals surface area contributed by atoms with Gasteiger partial charge in [-0.2, -0.15) is 0 Å². The van der Waals surface area contributed by atoms with Crippen molar-refractivity contribution in [1.29, 1.82) is 0 Å². The monoisotopic (exact) mass is 456 g/mol. The Morgan fingerprint density at radius 1 is 1.03 bits per heavy atom. The third-order valence-electron chi connectivity index (χ3n) is 5.32. The van der Waals surface area contributed by atoms with Crippen LogP contribution in [-0.2, 0) is 11.4 Å². The summed E-state index contributed by atoms with van der Waals surface area (Å²) in [5.41, 5.74) is 7.46. The molecule has 1 heterocycles. The Hall–Kier alpha value is -3.97. The average molecular weight is 457 g/mol. The minimum atomic E-state index is -0.316. The highest BCUT2D eigenvalue weighted by atomic mass is 16.6. The summed E-state index contributed by atoms with van der Waals surface area (Å²) in [7, 11) is 1.41.